The summed E-state index contributed by atoms with van der Waals surface area (Å²) in [4.78, 5) is 17.3. The van der Waals surface area contributed by atoms with Crippen LogP contribution in [0.25, 0.3) is 11.0 Å². The van der Waals surface area contributed by atoms with Crippen LogP contribution in [0.15, 0.2) is 42.5 Å². The molecule has 26 heavy (non-hydrogen) atoms. The number of benzene rings is 2. The van der Waals surface area contributed by atoms with Crippen molar-refractivity contribution in [3.63, 3.8) is 0 Å². The van der Waals surface area contributed by atoms with E-state index in [1.54, 1.807) is 19.1 Å². The van der Waals surface area contributed by atoms with E-state index in [-0.39, 0.29) is 17.5 Å². The molecule has 0 aliphatic rings. The predicted octanol–water partition coefficient (Wildman–Crippen LogP) is 5.35. The third-order valence-electron chi connectivity index (χ3n) is 4.74. The van der Waals surface area contributed by atoms with Crippen molar-refractivity contribution in [3.05, 3.63) is 65.2 Å². The number of rotatable bonds is 7. The molecule has 0 radical (unpaired) electrons. The van der Waals surface area contributed by atoms with Gasteiger partial charge in [-0.15, -0.1) is 0 Å². The van der Waals surface area contributed by atoms with Gasteiger partial charge in [0.1, 0.15) is 11.6 Å². The fourth-order valence-corrected chi connectivity index (χ4v) is 3.34. The smallest absolute Gasteiger partial charge is 0.163 e. The van der Waals surface area contributed by atoms with Crippen LogP contribution in [0.4, 0.5) is 4.39 Å². The van der Waals surface area contributed by atoms with Crippen LogP contribution in [-0.2, 0) is 13.0 Å². The van der Waals surface area contributed by atoms with Gasteiger partial charge >= 0.3 is 0 Å². The summed E-state index contributed by atoms with van der Waals surface area (Å²) >= 11 is 0. The highest BCUT2D eigenvalue weighted by Gasteiger charge is 2.17. The molecule has 0 saturated carbocycles. The maximum atomic E-state index is 13.7. The minimum atomic E-state index is -0.326. The first-order valence-corrected chi connectivity index (χ1v) is 9.23. The van der Waals surface area contributed by atoms with Crippen molar-refractivity contribution in [2.24, 2.45) is 5.92 Å². The molecule has 0 bridgehead atoms. The van der Waals surface area contributed by atoms with Gasteiger partial charge in [0, 0.05) is 24.9 Å². The Morgan fingerprint density at radius 2 is 2.00 bits per heavy atom. The molecular weight excluding hydrogens is 327 g/mol. The summed E-state index contributed by atoms with van der Waals surface area (Å²) in [6.07, 6.45) is 2.15. The number of nitrogens with zero attached hydrogens (tertiary/aromatic N) is 2. The van der Waals surface area contributed by atoms with E-state index in [0.717, 1.165) is 36.2 Å². The third kappa shape index (κ3) is 3.85. The number of carbonyl (C=O) groups excluding carboxylic acids is 1. The molecule has 0 saturated heterocycles. The molecule has 3 aromatic rings. The average molecular weight is 352 g/mol. The molecule has 0 spiro atoms. The number of carbonyl (C=O) groups is 1. The number of halogens is 1. The van der Waals surface area contributed by atoms with Crippen molar-refractivity contribution in [3.8, 4) is 0 Å². The zero-order valence-electron chi connectivity index (χ0n) is 15.6. The van der Waals surface area contributed by atoms with Crippen LogP contribution >= 0.6 is 0 Å². The predicted molar refractivity (Wildman–Crippen MR) is 103 cm³/mol. The molecule has 0 aliphatic heterocycles. The molecule has 4 heteroatoms. The van der Waals surface area contributed by atoms with Crippen LogP contribution < -0.4 is 0 Å². The molecule has 0 amide bonds. The summed E-state index contributed by atoms with van der Waals surface area (Å²) in [6.45, 7) is 6.82. The Kier molecular flexibility index (Phi) is 5.50. The van der Waals surface area contributed by atoms with E-state index in [2.05, 4.69) is 24.5 Å². The second-order valence-corrected chi connectivity index (χ2v) is 7.07. The molecular formula is C22H25FN2O. The Bertz CT molecular complexity index is 929. The number of ketones is 1. The lowest BCUT2D eigenvalue weighted by molar-refractivity contribution is 0.0963. The van der Waals surface area contributed by atoms with E-state index in [4.69, 9.17) is 4.98 Å². The van der Waals surface area contributed by atoms with E-state index >= 15 is 0 Å². The van der Waals surface area contributed by atoms with E-state index < -0.39 is 0 Å². The molecule has 1 heterocycles. The molecule has 1 unspecified atom stereocenters. The second kappa shape index (κ2) is 7.81. The number of Topliss-reactive ketones (excluding diaryl/α,β-unsaturated/α-hetero) is 1. The summed E-state index contributed by atoms with van der Waals surface area (Å²) < 4.78 is 16.0. The zero-order valence-corrected chi connectivity index (χ0v) is 15.6. The van der Waals surface area contributed by atoms with Gasteiger partial charge in [0.25, 0.3) is 0 Å². The van der Waals surface area contributed by atoms with Gasteiger partial charge < -0.3 is 4.57 Å². The van der Waals surface area contributed by atoms with Crippen molar-refractivity contribution < 1.29 is 9.18 Å². The van der Waals surface area contributed by atoms with Gasteiger partial charge in [-0.1, -0.05) is 38.1 Å². The maximum absolute atomic E-state index is 13.7. The highest BCUT2D eigenvalue weighted by atomic mass is 19.1. The first kappa shape index (κ1) is 18.3. The number of imidazole rings is 1. The largest absolute Gasteiger partial charge is 0.328 e. The fourth-order valence-electron chi connectivity index (χ4n) is 3.34. The molecule has 3 nitrogen and oxygen atoms in total. The lowest BCUT2D eigenvalue weighted by Crippen LogP contribution is -2.12. The van der Waals surface area contributed by atoms with Crippen LogP contribution in [0, 0.1) is 18.7 Å². The SMILES string of the molecule is CCCn1c(CC(C)CC(=O)c2ccc(C)c(F)c2)nc2ccccc21. The van der Waals surface area contributed by atoms with Crippen LogP contribution in [0.3, 0.4) is 0 Å². The van der Waals surface area contributed by atoms with E-state index in [9.17, 15) is 9.18 Å². The molecule has 3 rings (SSSR count). The van der Waals surface area contributed by atoms with Gasteiger partial charge in [-0.3, -0.25) is 4.79 Å². The van der Waals surface area contributed by atoms with Crippen LogP contribution in [0.1, 0.15) is 48.4 Å². The van der Waals surface area contributed by atoms with Crippen LogP contribution in [-0.4, -0.2) is 15.3 Å². The first-order chi connectivity index (χ1) is 12.5. The van der Waals surface area contributed by atoms with E-state index in [0.29, 0.717) is 17.5 Å². The summed E-state index contributed by atoms with van der Waals surface area (Å²) in [5.74, 6) is 0.811. The van der Waals surface area contributed by atoms with Gasteiger partial charge in [-0.2, -0.15) is 0 Å². The van der Waals surface area contributed by atoms with Gasteiger partial charge in [0.2, 0.25) is 0 Å². The molecule has 2 aromatic carbocycles. The minimum Gasteiger partial charge on any atom is -0.328 e. The highest BCUT2D eigenvalue weighted by Crippen LogP contribution is 2.21. The van der Waals surface area contributed by atoms with Crippen LogP contribution in [0.5, 0.6) is 0 Å². The number of aryl methyl sites for hydroxylation is 2. The fraction of sp³-hybridized carbons (Fsp3) is 0.364. The van der Waals surface area contributed by atoms with Crippen molar-refractivity contribution >= 4 is 16.8 Å². The van der Waals surface area contributed by atoms with Gasteiger partial charge in [0.05, 0.1) is 11.0 Å². The van der Waals surface area contributed by atoms with Gasteiger partial charge in [-0.25, -0.2) is 9.37 Å². The van der Waals surface area contributed by atoms with E-state index in [1.165, 1.54) is 6.07 Å². The van der Waals surface area contributed by atoms with Crippen molar-refractivity contribution in [1.29, 1.82) is 0 Å². The number of hydrogen-bond donors (Lipinski definition) is 0. The number of aromatic nitrogens is 2. The number of hydrogen-bond acceptors (Lipinski definition) is 2. The lowest BCUT2D eigenvalue weighted by atomic mass is 9.96. The monoisotopic (exact) mass is 352 g/mol. The summed E-state index contributed by atoms with van der Waals surface area (Å²) in [7, 11) is 0. The summed E-state index contributed by atoms with van der Waals surface area (Å²) in [5.41, 5.74) is 3.14. The topological polar surface area (TPSA) is 34.9 Å². The first-order valence-electron chi connectivity index (χ1n) is 9.23. The normalized spacial score (nSPS) is 12.5. The second-order valence-electron chi connectivity index (χ2n) is 7.07. The lowest BCUT2D eigenvalue weighted by Gasteiger charge is -2.13. The van der Waals surface area contributed by atoms with Crippen molar-refractivity contribution in [1.82, 2.24) is 9.55 Å². The number of para-hydroxylation sites is 2. The van der Waals surface area contributed by atoms with Gasteiger partial charge in [0.15, 0.2) is 5.78 Å². The number of fused-ring (bicyclic) bond motifs is 1. The van der Waals surface area contributed by atoms with Crippen molar-refractivity contribution in [2.75, 3.05) is 0 Å². The summed E-state index contributed by atoms with van der Waals surface area (Å²) in [6, 6.07) is 12.8. The van der Waals surface area contributed by atoms with E-state index in [1.807, 2.05) is 18.2 Å². The molecule has 136 valence electrons. The molecule has 1 aromatic heterocycles. The molecule has 0 N–H and O–H groups in total. The Morgan fingerprint density at radius 1 is 1.23 bits per heavy atom. The standard InChI is InChI=1S/C22H25FN2O/c1-4-11-25-20-8-6-5-7-19(20)24-22(25)13-15(2)12-21(26)17-10-9-16(3)18(23)14-17/h5-10,14-15H,4,11-13H2,1-3H3. The highest BCUT2D eigenvalue weighted by molar-refractivity contribution is 5.96. The molecule has 1 atom stereocenters. The Balaban J connectivity index is 1.76. The third-order valence-corrected chi connectivity index (χ3v) is 4.74. The molecule has 0 fully saturated rings. The minimum absolute atomic E-state index is 0.0189. The zero-order chi connectivity index (χ0) is 18.7. The van der Waals surface area contributed by atoms with Crippen LogP contribution in [0.2, 0.25) is 0 Å². The Labute approximate surface area is 153 Å². The Hall–Kier alpha value is -2.49. The maximum Gasteiger partial charge on any atom is 0.163 e. The summed E-state index contributed by atoms with van der Waals surface area (Å²) in [5, 5.41) is 0. The molecule has 0 aliphatic carbocycles. The van der Waals surface area contributed by atoms with Gasteiger partial charge in [-0.05, 0) is 43.0 Å². The Morgan fingerprint density at radius 3 is 2.73 bits per heavy atom. The quantitative estimate of drug-likeness (QED) is 0.538. The average Bonchev–Trinajstić information content (AvgIpc) is 2.95. The van der Waals surface area contributed by atoms with Crippen molar-refractivity contribution in [2.45, 2.75) is 46.6 Å².